The third-order valence-electron chi connectivity index (χ3n) is 2.79. The molecular formula is C10H10O3S. The summed E-state index contributed by atoms with van der Waals surface area (Å²) in [6, 6.07) is 3.98. The molecule has 4 heteroatoms. The Morgan fingerprint density at radius 1 is 0.929 bits per heavy atom. The molecule has 14 heavy (non-hydrogen) atoms. The number of ether oxygens (including phenoxy) is 1. The van der Waals surface area contributed by atoms with Crippen molar-refractivity contribution >= 4 is 9.84 Å². The molecule has 0 bridgehead atoms. The van der Waals surface area contributed by atoms with Gasteiger partial charge >= 0.3 is 0 Å². The van der Waals surface area contributed by atoms with Gasteiger partial charge < -0.3 is 4.74 Å². The van der Waals surface area contributed by atoms with Crippen LogP contribution in [0.4, 0.5) is 0 Å². The van der Waals surface area contributed by atoms with Gasteiger partial charge in [-0.25, -0.2) is 8.42 Å². The first-order valence-corrected chi connectivity index (χ1v) is 6.38. The van der Waals surface area contributed by atoms with Crippen molar-refractivity contribution in [1.29, 1.82) is 0 Å². The molecule has 0 unspecified atom stereocenters. The van der Waals surface area contributed by atoms with Gasteiger partial charge in [-0.2, -0.15) is 0 Å². The minimum atomic E-state index is -2.86. The minimum absolute atomic E-state index is 0.204. The molecule has 0 spiro atoms. The Hall–Kier alpha value is -0.870. The summed E-state index contributed by atoms with van der Waals surface area (Å²) >= 11 is 0. The van der Waals surface area contributed by atoms with E-state index in [9.17, 15) is 8.42 Å². The van der Waals surface area contributed by atoms with Crippen LogP contribution in [0, 0.1) is 0 Å². The summed E-state index contributed by atoms with van der Waals surface area (Å²) in [6.45, 7) is 1.26. The molecule has 1 aromatic rings. The van der Waals surface area contributed by atoms with Gasteiger partial charge in [0.15, 0.2) is 9.84 Å². The van der Waals surface area contributed by atoms with Crippen molar-refractivity contribution in [3.8, 4) is 0 Å². The summed E-state index contributed by atoms with van der Waals surface area (Å²) in [6.07, 6.45) is 0. The van der Waals surface area contributed by atoms with Crippen molar-refractivity contribution in [3.05, 3.63) is 34.4 Å². The zero-order valence-electron chi connectivity index (χ0n) is 7.62. The molecule has 0 atom stereocenters. The molecule has 0 N–H and O–H groups in total. The highest BCUT2D eigenvalue weighted by molar-refractivity contribution is 7.90. The van der Waals surface area contributed by atoms with E-state index in [4.69, 9.17) is 4.74 Å². The van der Waals surface area contributed by atoms with E-state index in [0.29, 0.717) is 13.2 Å². The van der Waals surface area contributed by atoms with Gasteiger partial charge in [0.2, 0.25) is 0 Å². The average molecular weight is 210 g/mol. The fraction of sp³-hybridized carbons (Fsp3) is 0.400. The molecule has 3 nitrogen and oxygen atoms in total. The van der Waals surface area contributed by atoms with Crippen LogP contribution in [0.2, 0.25) is 0 Å². The fourth-order valence-electron chi connectivity index (χ4n) is 2.12. The van der Waals surface area contributed by atoms with Crippen molar-refractivity contribution in [2.24, 2.45) is 0 Å². The van der Waals surface area contributed by atoms with E-state index in [1.54, 1.807) is 0 Å². The first kappa shape index (κ1) is 8.44. The van der Waals surface area contributed by atoms with Crippen LogP contribution >= 0.6 is 0 Å². The molecule has 2 heterocycles. The molecular weight excluding hydrogens is 200 g/mol. The van der Waals surface area contributed by atoms with Crippen LogP contribution in [-0.4, -0.2) is 8.42 Å². The van der Waals surface area contributed by atoms with Crippen molar-refractivity contribution in [2.45, 2.75) is 24.7 Å². The van der Waals surface area contributed by atoms with Gasteiger partial charge in [-0.05, 0) is 22.3 Å². The first-order valence-electron chi connectivity index (χ1n) is 4.56. The maximum Gasteiger partial charge on any atom is 0.158 e. The van der Waals surface area contributed by atoms with Crippen molar-refractivity contribution in [3.63, 3.8) is 0 Å². The number of benzene rings is 1. The Balaban J connectivity index is 2.17. The molecule has 0 aliphatic carbocycles. The van der Waals surface area contributed by atoms with Crippen LogP contribution in [-0.2, 0) is 39.3 Å². The lowest BCUT2D eigenvalue weighted by Crippen LogP contribution is -1.95. The number of hydrogen-bond donors (Lipinski definition) is 0. The second-order valence-electron chi connectivity index (χ2n) is 3.91. The van der Waals surface area contributed by atoms with Gasteiger partial charge in [-0.1, -0.05) is 12.1 Å². The van der Waals surface area contributed by atoms with E-state index in [-0.39, 0.29) is 11.5 Å². The Morgan fingerprint density at radius 2 is 1.43 bits per heavy atom. The third kappa shape index (κ3) is 1.18. The zero-order chi connectivity index (χ0) is 9.76. The van der Waals surface area contributed by atoms with Crippen LogP contribution in [0.25, 0.3) is 0 Å². The predicted molar refractivity (Wildman–Crippen MR) is 51.3 cm³/mol. The summed E-state index contributed by atoms with van der Waals surface area (Å²) < 4.78 is 28.1. The molecule has 0 saturated carbocycles. The van der Waals surface area contributed by atoms with E-state index >= 15 is 0 Å². The van der Waals surface area contributed by atoms with Gasteiger partial charge in [-0.3, -0.25) is 0 Å². The van der Waals surface area contributed by atoms with Crippen LogP contribution in [0.3, 0.4) is 0 Å². The molecule has 0 amide bonds. The average Bonchev–Trinajstić information content (AvgIpc) is 2.59. The van der Waals surface area contributed by atoms with E-state index in [2.05, 4.69) is 0 Å². The standard InChI is InChI=1S/C10H10O3S/c11-14(12)5-9-1-7-3-13-4-8(7)2-10(9)6-14/h1-2H,3-6H2. The third-order valence-corrected chi connectivity index (χ3v) is 4.29. The lowest BCUT2D eigenvalue weighted by Gasteiger charge is -2.00. The Kier molecular flexibility index (Phi) is 1.56. The summed E-state index contributed by atoms with van der Waals surface area (Å²) in [5, 5.41) is 0. The first-order chi connectivity index (χ1) is 6.64. The molecule has 0 fully saturated rings. The number of sulfone groups is 1. The molecule has 0 saturated heterocycles. The molecule has 2 aliphatic rings. The second kappa shape index (κ2) is 2.58. The molecule has 74 valence electrons. The number of rotatable bonds is 0. The minimum Gasteiger partial charge on any atom is -0.372 e. The van der Waals surface area contributed by atoms with Gasteiger partial charge in [0.25, 0.3) is 0 Å². The van der Waals surface area contributed by atoms with Crippen molar-refractivity contribution in [1.82, 2.24) is 0 Å². The maximum atomic E-state index is 11.4. The smallest absolute Gasteiger partial charge is 0.158 e. The molecule has 0 aromatic heterocycles. The Bertz CT molecular complexity index is 463. The predicted octanol–water partition coefficient (Wildman–Crippen LogP) is 1.15. The molecule has 0 radical (unpaired) electrons. The highest BCUT2D eigenvalue weighted by Crippen LogP contribution is 2.31. The zero-order valence-corrected chi connectivity index (χ0v) is 8.43. The molecule has 2 aliphatic heterocycles. The van der Waals surface area contributed by atoms with Gasteiger partial charge in [0.1, 0.15) is 0 Å². The van der Waals surface area contributed by atoms with Crippen molar-refractivity contribution in [2.75, 3.05) is 0 Å². The normalized spacial score (nSPS) is 22.0. The molecule has 3 rings (SSSR count). The Morgan fingerprint density at radius 3 is 1.93 bits per heavy atom. The quantitative estimate of drug-likeness (QED) is 0.645. The van der Waals surface area contributed by atoms with E-state index in [0.717, 1.165) is 22.3 Å². The fourth-order valence-corrected chi connectivity index (χ4v) is 3.71. The van der Waals surface area contributed by atoms with Crippen molar-refractivity contribution < 1.29 is 13.2 Å². The monoisotopic (exact) mass is 210 g/mol. The lowest BCUT2D eigenvalue weighted by molar-refractivity contribution is 0.134. The molecule has 1 aromatic carbocycles. The van der Waals surface area contributed by atoms with Crippen LogP contribution in [0.5, 0.6) is 0 Å². The highest BCUT2D eigenvalue weighted by atomic mass is 32.2. The second-order valence-corrected chi connectivity index (χ2v) is 5.98. The van der Waals surface area contributed by atoms with Crippen LogP contribution in [0.1, 0.15) is 22.3 Å². The topological polar surface area (TPSA) is 43.4 Å². The van der Waals surface area contributed by atoms with Crippen LogP contribution in [0.15, 0.2) is 12.1 Å². The summed E-state index contributed by atoms with van der Waals surface area (Å²) in [7, 11) is -2.86. The number of hydrogen-bond acceptors (Lipinski definition) is 3. The van der Waals surface area contributed by atoms with Gasteiger partial charge in [0, 0.05) is 0 Å². The van der Waals surface area contributed by atoms with Crippen LogP contribution < -0.4 is 0 Å². The van der Waals surface area contributed by atoms with Gasteiger partial charge in [-0.15, -0.1) is 0 Å². The largest absolute Gasteiger partial charge is 0.372 e. The summed E-state index contributed by atoms with van der Waals surface area (Å²) in [5.74, 6) is 0.408. The van der Waals surface area contributed by atoms with Gasteiger partial charge in [0.05, 0.1) is 24.7 Å². The van der Waals surface area contributed by atoms with E-state index in [1.807, 2.05) is 12.1 Å². The lowest BCUT2D eigenvalue weighted by atomic mass is 10.0. The van der Waals surface area contributed by atoms with E-state index < -0.39 is 9.84 Å². The maximum absolute atomic E-state index is 11.4. The summed E-state index contributed by atoms with van der Waals surface area (Å²) in [5.41, 5.74) is 4.24. The van der Waals surface area contributed by atoms with E-state index in [1.165, 1.54) is 0 Å². The highest BCUT2D eigenvalue weighted by Gasteiger charge is 2.26. The summed E-state index contributed by atoms with van der Waals surface area (Å²) in [4.78, 5) is 0. The SMILES string of the molecule is O=S1(=O)Cc2cc3c(cc2C1)COC3. The number of fused-ring (bicyclic) bond motifs is 2. The Labute approximate surface area is 82.6 Å².